The lowest BCUT2D eigenvalue weighted by molar-refractivity contribution is -0.130. The minimum Gasteiger partial charge on any atom is -0.378 e. The SMILES string of the molecule is CC[C@H](NC(=O)C(O)c1ccccc1)c1cccc(N2CC3=CN(C(=O)c4c(C)cccc4C)CC3C2)c1. The maximum absolute atomic E-state index is 13.3. The van der Waals surface area contributed by atoms with E-state index in [1.807, 2.05) is 80.4 Å². The Kier molecular flexibility index (Phi) is 7.34. The van der Waals surface area contributed by atoms with Gasteiger partial charge in [-0.05, 0) is 60.2 Å². The average Bonchev–Trinajstić information content (AvgIpc) is 3.51. The Morgan fingerprint density at radius 2 is 1.63 bits per heavy atom. The first-order valence-electron chi connectivity index (χ1n) is 13.3. The molecule has 2 aliphatic heterocycles. The Hall–Kier alpha value is -3.90. The van der Waals surface area contributed by atoms with Crippen molar-refractivity contribution in [1.82, 2.24) is 10.2 Å². The molecule has 6 nitrogen and oxygen atoms in total. The summed E-state index contributed by atoms with van der Waals surface area (Å²) in [6, 6.07) is 23.0. The van der Waals surface area contributed by atoms with Gasteiger partial charge in [-0.15, -0.1) is 0 Å². The van der Waals surface area contributed by atoms with Crippen molar-refractivity contribution in [3.63, 3.8) is 0 Å². The summed E-state index contributed by atoms with van der Waals surface area (Å²) < 4.78 is 0. The molecule has 5 rings (SSSR count). The Morgan fingerprint density at radius 3 is 2.32 bits per heavy atom. The van der Waals surface area contributed by atoms with Crippen LogP contribution in [0.4, 0.5) is 5.69 Å². The summed E-state index contributed by atoms with van der Waals surface area (Å²) in [4.78, 5) is 30.3. The molecule has 2 aliphatic rings. The van der Waals surface area contributed by atoms with Crippen LogP contribution in [0.25, 0.3) is 0 Å². The molecule has 6 heteroatoms. The zero-order chi connectivity index (χ0) is 26.8. The molecule has 1 saturated heterocycles. The number of aryl methyl sites for hydroxylation is 2. The van der Waals surface area contributed by atoms with Gasteiger partial charge in [0.1, 0.15) is 0 Å². The van der Waals surface area contributed by atoms with Gasteiger partial charge in [-0.1, -0.05) is 67.6 Å². The number of fused-ring (bicyclic) bond motifs is 1. The van der Waals surface area contributed by atoms with Gasteiger partial charge in [-0.2, -0.15) is 0 Å². The van der Waals surface area contributed by atoms with Gasteiger partial charge in [-0.25, -0.2) is 0 Å². The number of nitrogens with one attached hydrogen (secondary N) is 1. The van der Waals surface area contributed by atoms with Gasteiger partial charge in [0.05, 0.1) is 6.04 Å². The van der Waals surface area contributed by atoms with E-state index in [1.54, 1.807) is 12.1 Å². The zero-order valence-corrected chi connectivity index (χ0v) is 22.2. The topological polar surface area (TPSA) is 72.9 Å². The van der Waals surface area contributed by atoms with Gasteiger partial charge in [0.25, 0.3) is 11.8 Å². The zero-order valence-electron chi connectivity index (χ0n) is 22.2. The third kappa shape index (κ3) is 5.09. The molecule has 2 heterocycles. The van der Waals surface area contributed by atoms with E-state index in [1.165, 1.54) is 5.57 Å². The van der Waals surface area contributed by atoms with Crippen LogP contribution in [0, 0.1) is 19.8 Å². The highest BCUT2D eigenvalue weighted by atomic mass is 16.3. The fourth-order valence-corrected chi connectivity index (χ4v) is 5.64. The molecule has 3 aromatic carbocycles. The number of anilines is 1. The summed E-state index contributed by atoms with van der Waals surface area (Å²) in [5, 5.41) is 13.5. The highest BCUT2D eigenvalue weighted by Crippen LogP contribution is 2.35. The summed E-state index contributed by atoms with van der Waals surface area (Å²) in [6.07, 6.45) is 1.55. The van der Waals surface area contributed by atoms with Crippen LogP contribution in [0.1, 0.15) is 58.1 Å². The lowest BCUT2D eigenvalue weighted by atomic mass is 10.0. The van der Waals surface area contributed by atoms with E-state index in [-0.39, 0.29) is 11.9 Å². The second-order valence-corrected chi connectivity index (χ2v) is 10.4. The molecule has 2 unspecified atom stereocenters. The van der Waals surface area contributed by atoms with Crippen LogP contribution in [-0.4, -0.2) is 41.5 Å². The summed E-state index contributed by atoms with van der Waals surface area (Å²) in [5.41, 5.74) is 6.80. The standard InChI is InChI=1S/C32H35N3O3/c1-4-28(33-31(37)30(36)23-12-6-5-7-13-23)24-14-9-15-27(16-24)34-17-25-19-35(20-26(25)18-34)32(38)29-21(2)10-8-11-22(29)3/h5-16,19,26,28,30,36H,4,17-18,20H2,1-3H3,(H,33,37)/t26?,28-,30?/m0/s1. The minimum atomic E-state index is -1.20. The van der Waals surface area contributed by atoms with E-state index < -0.39 is 12.0 Å². The highest BCUT2D eigenvalue weighted by molar-refractivity contribution is 5.98. The number of carbonyl (C=O) groups excluding carboxylic acids is 2. The summed E-state index contributed by atoms with van der Waals surface area (Å²) in [7, 11) is 0. The average molecular weight is 510 g/mol. The van der Waals surface area contributed by atoms with Crippen molar-refractivity contribution in [2.24, 2.45) is 5.92 Å². The number of rotatable bonds is 7. The number of hydrogen-bond acceptors (Lipinski definition) is 4. The van der Waals surface area contributed by atoms with Gasteiger partial charge in [0.15, 0.2) is 6.10 Å². The van der Waals surface area contributed by atoms with E-state index in [4.69, 9.17) is 0 Å². The number of aliphatic hydroxyl groups excluding tert-OH is 1. The first-order valence-corrected chi connectivity index (χ1v) is 13.3. The molecule has 2 N–H and O–H groups in total. The van der Waals surface area contributed by atoms with Crippen molar-refractivity contribution in [3.05, 3.63) is 112 Å². The molecular formula is C32H35N3O3. The van der Waals surface area contributed by atoms with Gasteiger partial charge < -0.3 is 20.2 Å². The Balaban J connectivity index is 1.27. The quantitative estimate of drug-likeness (QED) is 0.466. The fraction of sp³-hybridized carbons (Fsp3) is 0.312. The maximum Gasteiger partial charge on any atom is 0.258 e. The van der Waals surface area contributed by atoms with Crippen molar-refractivity contribution < 1.29 is 14.7 Å². The van der Waals surface area contributed by atoms with E-state index in [0.717, 1.165) is 41.0 Å². The van der Waals surface area contributed by atoms with Crippen LogP contribution in [0.15, 0.2) is 84.6 Å². The number of benzene rings is 3. The Bertz CT molecular complexity index is 1350. The highest BCUT2D eigenvalue weighted by Gasteiger charge is 2.36. The number of hydrogen-bond donors (Lipinski definition) is 2. The molecule has 0 spiro atoms. The van der Waals surface area contributed by atoms with Crippen molar-refractivity contribution >= 4 is 17.5 Å². The number of amides is 2. The summed E-state index contributed by atoms with van der Waals surface area (Å²) in [6.45, 7) is 8.34. The Labute approximate surface area is 224 Å². The normalized spacial score (nSPS) is 18.1. The van der Waals surface area contributed by atoms with Crippen molar-refractivity contribution in [2.45, 2.75) is 39.3 Å². The molecule has 1 fully saturated rings. The van der Waals surface area contributed by atoms with Crippen molar-refractivity contribution in [3.8, 4) is 0 Å². The predicted octanol–water partition coefficient (Wildman–Crippen LogP) is 5.08. The van der Waals surface area contributed by atoms with Gasteiger partial charge in [-0.3, -0.25) is 9.59 Å². The molecule has 0 aromatic heterocycles. The molecule has 196 valence electrons. The van der Waals surface area contributed by atoms with E-state index in [9.17, 15) is 14.7 Å². The first-order chi connectivity index (χ1) is 18.4. The van der Waals surface area contributed by atoms with Crippen LogP contribution in [0.5, 0.6) is 0 Å². The second kappa shape index (κ2) is 10.8. The van der Waals surface area contributed by atoms with Crippen LogP contribution in [0.2, 0.25) is 0 Å². The molecule has 3 aromatic rings. The second-order valence-electron chi connectivity index (χ2n) is 10.4. The maximum atomic E-state index is 13.3. The summed E-state index contributed by atoms with van der Waals surface area (Å²) in [5.74, 6) is -0.00662. The number of carbonyl (C=O) groups is 2. The lowest BCUT2D eigenvalue weighted by Crippen LogP contribution is -2.33. The van der Waals surface area contributed by atoms with Gasteiger partial charge >= 0.3 is 0 Å². The lowest BCUT2D eigenvalue weighted by Gasteiger charge is -2.24. The fourth-order valence-electron chi connectivity index (χ4n) is 5.64. The molecular weight excluding hydrogens is 474 g/mol. The first kappa shape index (κ1) is 25.7. The molecule has 38 heavy (non-hydrogen) atoms. The van der Waals surface area contributed by atoms with Crippen molar-refractivity contribution in [1.29, 1.82) is 0 Å². The van der Waals surface area contributed by atoms with E-state index >= 15 is 0 Å². The Morgan fingerprint density at radius 1 is 0.947 bits per heavy atom. The van der Waals surface area contributed by atoms with Gasteiger partial charge in [0, 0.05) is 43.0 Å². The molecule has 3 atom stereocenters. The predicted molar refractivity (Wildman–Crippen MR) is 150 cm³/mol. The van der Waals surface area contributed by atoms with Crippen LogP contribution >= 0.6 is 0 Å². The molecule has 0 aliphatic carbocycles. The van der Waals surface area contributed by atoms with E-state index in [2.05, 4.69) is 22.3 Å². The number of aliphatic hydroxyl groups is 1. The third-order valence-corrected chi connectivity index (χ3v) is 7.76. The van der Waals surface area contributed by atoms with Crippen LogP contribution in [0.3, 0.4) is 0 Å². The van der Waals surface area contributed by atoms with Crippen molar-refractivity contribution in [2.75, 3.05) is 24.5 Å². The van der Waals surface area contributed by atoms with Crippen LogP contribution in [-0.2, 0) is 4.79 Å². The van der Waals surface area contributed by atoms with Crippen LogP contribution < -0.4 is 10.2 Å². The molecule has 2 amide bonds. The van der Waals surface area contributed by atoms with Gasteiger partial charge in [0.2, 0.25) is 0 Å². The largest absolute Gasteiger partial charge is 0.378 e. The molecule has 0 radical (unpaired) electrons. The smallest absolute Gasteiger partial charge is 0.258 e. The molecule has 0 bridgehead atoms. The monoisotopic (exact) mass is 509 g/mol. The number of nitrogens with zero attached hydrogens (tertiary/aromatic N) is 2. The summed E-state index contributed by atoms with van der Waals surface area (Å²) >= 11 is 0. The molecule has 0 saturated carbocycles. The minimum absolute atomic E-state index is 0.0790. The van der Waals surface area contributed by atoms with E-state index in [0.29, 0.717) is 24.4 Å². The third-order valence-electron chi connectivity index (χ3n) is 7.76.